The third-order valence-electron chi connectivity index (χ3n) is 1.97. The van der Waals surface area contributed by atoms with E-state index in [1.54, 1.807) is 0 Å². The van der Waals surface area contributed by atoms with Gasteiger partial charge in [-0.1, -0.05) is 0 Å². The van der Waals surface area contributed by atoms with E-state index in [0.29, 0.717) is 0 Å². The highest BCUT2D eigenvalue weighted by Crippen LogP contribution is 2.10. The number of amides is 2. The molecule has 0 aliphatic carbocycles. The molecular weight excluding hydrogens is 244 g/mol. The molecule has 0 bridgehead atoms. The Kier molecular flexibility index (Phi) is 3.24. The van der Waals surface area contributed by atoms with Gasteiger partial charge in [0.05, 0.1) is 12.2 Å². The Morgan fingerprint density at radius 1 is 1.47 bits per heavy atom. The van der Waals surface area contributed by atoms with Crippen molar-refractivity contribution < 1.29 is 14.7 Å². The molecule has 17 heavy (non-hydrogen) atoms. The number of imidazole rings is 1. The van der Waals surface area contributed by atoms with Gasteiger partial charge in [0.25, 0.3) is 0 Å². The van der Waals surface area contributed by atoms with E-state index in [0.717, 1.165) is 10.7 Å². The Hall–Kier alpha value is -2.09. The standard InChI is InChI=1S/C9H10N4O3S/c14-7(15)4-11-8(16)10-3-6-5-13-1-2-17-9(13)12-6/h1-2,5H,3-4H2,(H,14,15)(H2,10,11,16). The Morgan fingerprint density at radius 2 is 2.29 bits per heavy atom. The minimum atomic E-state index is -1.08. The molecular formula is C9H10N4O3S. The van der Waals surface area contributed by atoms with E-state index in [1.165, 1.54) is 11.3 Å². The van der Waals surface area contributed by atoms with Crippen LogP contribution in [0, 0.1) is 0 Å². The van der Waals surface area contributed by atoms with Gasteiger partial charge < -0.3 is 15.7 Å². The smallest absolute Gasteiger partial charge is 0.323 e. The van der Waals surface area contributed by atoms with Gasteiger partial charge in [0.15, 0.2) is 4.96 Å². The fourth-order valence-corrected chi connectivity index (χ4v) is 1.97. The number of rotatable bonds is 4. The number of carboxylic acids is 1. The highest BCUT2D eigenvalue weighted by Gasteiger charge is 2.05. The third kappa shape index (κ3) is 2.94. The first-order valence-electron chi connectivity index (χ1n) is 4.80. The van der Waals surface area contributed by atoms with E-state index >= 15 is 0 Å². The molecule has 7 nitrogen and oxygen atoms in total. The highest BCUT2D eigenvalue weighted by atomic mass is 32.1. The highest BCUT2D eigenvalue weighted by molar-refractivity contribution is 7.15. The third-order valence-corrected chi connectivity index (χ3v) is 2.74. The maximum absolute atomic E-state index is 11.2. The lowest BCUT2D eigenvalue weighted by Gasteiger charge is -2.03. The monoisotopic (exact) mass is 254 g/mol. The van der Waals surface area contributed by atoms with Crippen LogP contribution in [0.15, 0.2) is 17.8 Å². The normalized spacial score (nSPS) is 10.4. The molecule has 0 saturated heterocycles. The number of hydrogen-bond acceptors (Lipinski definition) is 4. The van der Waals surface area contributed by atoms with Crippen LogP contribution in [-0.4, -0.2) is 33.0 Å². The number of fused-ring (bicyclic) bond motifs is 1. The van der Waals surface area contributed by atoms with E-state index in [1.807, 2.05) is 22.2 Å². The molecule has 0 atom stereocenters. The molecule has 0 aromatic carbocycles. The topological polar surface area (TPSA) is 95.7 Å². The minimum Gasteiger partial charge on any atom is -0.480 e. The fourth-order valence-electron chi connectivity index (χ4n) is 1.25. The predicted octanol–water partition coefficient (Wildman–Crippen LogP) is 0.280. The maximum Gasteiger partial charge on any atom is 0.323 e. The number of hydrogen-bond donors (Lipinski definition) is 3. The summed E-state index contributed by atoms with van der Waals surface area (Å²) in [6.07, 6.45) is 3.68. The van der Waals surface area contributed by atoms with Crippen LogP contribution < -0.4 is 10.6 Å². The van der Waals surface area contributed by atoms with Gasteiger partial charge in [0, 0.05) is 17.8 Å². The molecule has 0 aliphatic heterocycles. The molecule has 2 rings (SSSR count). The van der Waals surface area contributed by atoms with Crippen LogP contribution in [0.3, 0.4) is 0 Å². The predicted molar refractivity (Wildman–Crippen MR) is 60.9 cm³/mol. The summed E-state index contributed by atoms with van der Waals surface area (Å²) in [5, 5.41) is 15.0. The zero-order chi connectivity index (χ0) is 12.3. The number of carbonyl (C=O) groups excluding carboxylic acids is 1. The van der Waals surface area contributed by atoms with Crippen LogP contribution in [0.25, 0.3) is 4.96 Å². The molecule has 0 aliphatic rings. The molecule has 0 radical (unpaired) electrons. The first kappa shape index (κ1) is 11.4. The van der Waals surface area contributed by atoms with Crippen LogP contribution in [0.2, 0.25) is 0 Å². The summed E-state index contributed by atoms with van der Waals surface area (Å²) in [5.41, 5.74) is 0.724. The number of carboxylic acid groups (broad SMARTS) is 1. The van der Waals surface area contributed by atoms with Gasteiger partial charge in [-0.05, 0) is 0 Å². The van der Waals surface area contributed by atoms with E-state index in [9.17, 15) is 9.59 Å². The zero-order valence-electron chi connectivity index (χ0n) is 8.71. The number of aliphatic carboxylic acids is 1. The molecule has 2 heterocycles. The molecule has 0 spiro atoms. The van der Waals surface area contributed by atoms with Crippen molar-refractivity contribution in [3.8, 4) is 0 Å². The van der Waals surface area contributed by atoms with Crippen molar-refractivity contribution in [1.82, 2.24) is 20.0 Å². The number of urea groups is 1. The first-order chi connectivity index (χ1) is 8.15. The summed E-state index contributed by atoms with van der Waals surface area (Å²) < 4.78 is 1.86. The van der Waals surface area contributed by atoms with E-state index in [-0.39, 0.29) is 6.54 Å². The zero-order valence-corrected chi connectivity index (χ0v) is 9.53. The molecule has 2 aromatic heterocycles. The van der Waals surface area contributed by atoms with Crippen molar-refractivity contribution in [1.29, 1.82) is 0 Å². The largest absolute Gasteiger partial charge is 0.480 e. The van der Waals surface area contributed by atoms with Crippen LogP contribution in [0.5, 0.6) is 0 Å². The Labute approximate surface area is 100 Å². The Balaban J connectivity index is 1.83. The Morgan fingerprint density at radius 3 is 3.00 bits per heavy atom. The quantitative estimate of drug-likeness (QED) is 0.730. The first-order valence-corrected chi connectivity index (χ1v) is 5.67. The van der Waals surface area contributed by atoms with Crippen molar-refractivity contribution >= 4 is 28.3 Å². The lowest BCUT2D eigenvalue weighted by atomic mass is 10.5. The second-order valence-corrected chi connectivity index (χ2v) is 4.13. The lowest BCUT2D eigenvalue weighted by molar-refractivity contribution is -0.135. The van der Waals surface area contributed by atoms with E-state index in [4.69, 9.17) is 5.11 Å². The SMILES string of the molecule is O=C(O)CNC(=O)NCc1cn2ccsc2n1. The van der Waals surface area contributed by atoms with E-state index in [2.05, 4.69) is 15.6 Å². The second kappa shape index (κ2) is 4.83. The number of nitrogens with one attached hydrogen (secondary N) is 2. The molecule has 2 amide bonds. The number of aromatic nitrogens is 2. The van der Waals surface area contributed by atoms with Crippen molar-refractivity contribution in [3.05, 3.63) is 23.5 Å². The lowest BCUT2D eigenvalue weighted by Crippen LogP contribution is -2.38. The number of nitrogens with zero attached hydrogens (tertiary/aromatic N) is 2. The average molecular weight is 254 g/mol. The average Bonchev–Trinajstić information content (AvgIpc) is 2.83. The summed E-state index contributed by atoms with van der Waals surface area (Å²) in [7, 11) is 0. The number of thiazole rings is 1. The fraction of sp³-hybridized carbons (Fsp3) is 0.222. The van der Waals surface area contributed by atoms with Gasteiger partial charge in [-0.2, -0.15) is 0 Å². The van der Waals surface area contributed by atoms with Crippen LogP contribution in [-0.2, 0) is 11.3 Å². The van der Waals surface area contributed by atoms with Crippen LogP contribution >= 0.6 is 11.3 Å². The van der Waals surface area contributed by atoms with Crippen LogP contribution in [0.1, 0.15) is 5.69 Å². The molecule has 0 fully saturated rings. The van der Waals surface area contributed by atoms with Gasteiger partial charge in [-0.25, -0.2) is 9.78 Å². The minimum absolute atomic E-state index is 0.264. The van der Waals surface area contributed by atoms with Crippen molar-refractivity contribution in [2.45, 2.75) is 6.54 Å². The second-order valence-electron chi connectivity index (χ2n) is 3.26. The van der Waals surface area contributed by atoms with Gasteiger partial charge in [-0.3, -0.25) is 9.20 Å². The maximum atomic E-state index is 11.2. The van der Waals surface area contributed by atoms with Gasteiger partial charge in [-0.15, -0.1) is 11.3 Å². The molecule has 90 valence electrons. The summed E-state index contributed by atoms with van der Waals surface area (Å²) in [4.78, 5) is 26.5. The van der Waals surface area contributed by atoms with Crippen molar-refractivity contribution in [3.63, 3.8) is 0 Å². The molecule has 3 N–H and O–H groups in total. The molecule has 8 heteroatoms. The van der Waals surface area contributed by atoms with Gasteiger partial charge in [0.2, 0.25) is 0 Å². The van der Waals surface area contributed by atoms with Gasteiger partial charge in [0.1, 0.15) is 6.54 Å². The summed E-state index contributed by atoms with van der Waals surface area (Å²) in [6.45, 7) is -0.135. The molecule has 0 unspecified atom stereocenters. The molecule has 2 aromatic rings. The summed E-state index contributed by atoms with van der Waals surface area (Å²) in [6, 6.07) is -0.524. The van der Waals surface area contributed by atoms with Gasteiger partial charge >= 0.3 is 12.0 Å². The molecule has 0 saturated carbocycles. The summed E-state index contributed by atoms with van der Waals surface area (Å²) >= 11 is 1.50. The Bertz CT molecular complexity index is 519. The van der Waals surface area contributed by atoms with E-state index < -0.39 is 18.5 Å². The number of carbonyl (C=O) groups is 2. The summed E-state index contributed by atoms with van der Waals surface area (Å²) in [5.74, 6) is -1.08. The van der Waals surface area contributed by atoms with Crippen molar-refractivity contribution in [2.75, 3.05) is 6.54 Å². The van der Waals surface area contributed by atoms with Crippen molar-refractivity contribution in [2.24, 2.45) is 0 Å². The van der Waals surface area contributed by atoms with Crippen LogP contribution in [0.4, 0.5) is 4.79 Å².